The molecule has 3 heterocycles. The zero-order valence-corrected chi connectivity index (χ0v) is 17.3. The van der Waals surface area contributed by atoms with Crippen LogP contribution in [0.25, 0.3) is 11.0 Å². The van der Waals surface area contributed by atoms with E-state index in [0.717, 1.165) is 23.9 Å². The van der Waals surface area contributed by atoms with Crippen molar-refractivity contribution in [2.45, 2.75) is 50.3 Å². The zero-order valence-electron chi connectivity index (χ0n) is 17.3. The summed E-state index contributed by atoms with van der Waals surface area (Å²) < 4.78 is 8.77. The van der Waals surface area contributed by atoms with Crippen molar-refractivity contribution in [2.75, 3.05) is 13.2 Å². The highest BCUT2D eigenvalue weighted by Crippen LogP contribution is 2.24. The van der Waals surface area contributed by atoms with Crippen molar-refractivity contribution in [1.29, 1.82) is 0 Å². The lowest BCUT2D eigenvalue weighted by Crippen LogP contribution is -2.44. The quantitative estimate of drug-likeness (QED) is 0.419. The molecule has 0 radical (unpaired) electrons. The molecule has 2 aliphatic rings. The van der Waals surface area contributed by atoms with Crippen LogP contribution in [0, 0.1) is 0 Å². The number of hydrogen-bond acceptors (Lipinski definition) is 6. The Morgan fingerprint density at radius 3 is 2.77 bits per heavy atom. The fraction of sp³-hybridized carbons (Fsp3) is 0.524. The Morgan fingerprint density at radius 2 is 2.06 bits per heavy atom. The number of ether oxygens (including phenoxy) is 1. The predicted molar refractivity (Wildman–Crippen MR) is 111 cm³/mol. The number of imide groups is 1. The molecule has 0 bridgehead atoms. The molecule has 2 aromatic rings. The maximum Gasteiger partial charge on any atom is 0.329 e. The van der Waals surface area contributed by atoms with Gasteiger partial charge in [0.05, 0.1) is 17.1 Å². The van der Waals surface area contributed by atoms with E-state index in [-0.39, 0.29) is 24.1 Å². The predicted octanol–water partition coefficient (Wildman–Crippen LogP) is 0.0820. The molecular formula is C21H26N4O6. The van der Waals surface area contributed by atoms with Crippen molar-refractivity contribution in [3.8, 4) is 0 Å². The number of piperidine rings is 1. The van der Waals surface area contributed by atoms with Gasteiger partial charge in [-0.05, 0) is 37.0 Å². The molecule has 10 nitrogen and oxygen atoms in total. The minimum absolute atomic E-state index is 0.0908. The average molecular weight is 430 g/mol. The van der Waals surface area contributed by atoms with Crippen LogP contribution in [0.15, 0.2) is 23.0 Å². The molecule has 4 rings (SSSR count). The molecule has 2 aliphatic heterocycles. The number of carboxylic acid groups (broad SMARTS) is 1. The van der Waals surface area contributed by atoms with Gasteiger partial charge in [0.2, 0.25) is 11.8 Å². The summed E-state index contributed by atoms with van der Waals surface area (Å²) >= 11 is 0. The number of nitrogens with one attached hydrogen (secondary N) is 2. The van der Waals surface area contributed by atoms with E-state index in [4.69, 9.17) is 9.84 Å². The molecule has 1 aromatic heterocycles. The standard InChI is InChI=1S/C21H26N4O6/c1-24-17-9-12(3-2-8-31-13-10-14(20(28)29)22-11-13)4-5-15(17)25(21(24)30)16-6-7-18(26)23-19(16)27/h4-5,9,13-14,16,22H,2-3,6-8,10-11H2,1H3,(H,28,29)(H,23,26,27)/t13-,14+,16?/m1/s1. The maximum atomic E-state index is 12.8. The number of aryl methyl sites for hydroxylation is 2. The number of nitrogens with zero attached hydrogens (tertiary/aromatic N) is 2. The second kappa shape index (κ2) is 8.64. The summed E-state index contributed by atoms with van der Waals surface area (Å²) in [4.78, 5) is 47.5. The molecule has 31 heavy (non-hydrogen) atoms. The maximum absolute atomic E-state index is 12.8. The first-order valence-corrected chi connectivity index (χ1v) is 10.5. The third kappa shape index (κ3) is 4.26. The zero-order chi connectivity index (χ0) is 22.1. The van der Waals surface area contributed by atoms with E-state index in [0.29, 0.717) is 31.5 Å². The van der Waals surface area contributed by atoms with E-state index in [1.807, 2.05) is 18.2 Å². The van der Waals surface area contributed by atoms with Crippen LogP contribution in [0.3, 0.4) is 0 Å². The van der Waals surface area contributed by atoms with Crippen molar-refractivity contribution in [1.82, 2.24) is 19.8 Å². The van der Waals surface area contributed by atoms with Crippen LogP contribution >= 0.6 is 0 Å². The summed E-state index contributed by atoms with van der Waals surface area (Å²) in [6.07, 6.45) is 2.41. The average Bonchev–Trinajstić information content (AvgIpc) is 3.30. The topological polar surface area (TPSA) is 132 Å². The van der Waals surface area contributed by atoms with Crippen molar-refractivity contribution in [3.63, 3.8) is 0 Å². The summed E-state index contributed by atoms with van der Waals surface area (Å²) in [6.45, 7) is 1.06. The highest BCUT2D eigenvalue weighted by molar-refractivity contribution is 6.00. The van der Waals surface area contributed by atoms with Gasteiger partial charge in [-0.25, -0.2) is 4.79 Å². The molecule has 0 saturated carbocycles. The first-order valence-electron chi connectivity index (χ1n) is 10.5. The number of rotatable bonds is 7. The van der Waals surface area contributed by atoms with Crippen LogP contribution in [0.4, 0.5) is 0 Å². The number of carboxylic acids is 1. The summed E-state index contributed by atoms with van der Waals surface area (Å²) in [5.41, 5.74) is 2.16. The van der Waals surface area contributed by atoms with Crippen molar-refractivity contribution in [3.05, 3.63) is 34.2 Å². The summed E-state index contributed by atoms with van der Waals surface area (Å²) in [7, 11) is 1.67. The van der Waals surface area contributed by atoms with Gasteiger partial charge in [-0.1, -0.05) is 6.07 Å². The van der Waals surface area contributed by atoms with E-state index >= 15 is 0 Å². The summed E-state index contributed by atoms with van der Waals surface area (Å²) in [5, 5.41) is 14.2. The van der Waals surface area contributed by atoms with Crippen LogP contribution in [0.1, 0.15) is 37.3 Å². The minimum atomic E-state index is -0.853. The first kappa shape index (κ1) is 21.3. The Kier molecular flexibility index (Phi) is 5.92. The number of aromatic nitrogens is 2. The van der Waals surface area contributed by atoms with Crippen molar-refractivity contribution < 1.29 is 24.2 Å². The molecule has 3 N–H and O–H groups in total. The SMILES string of the molecule is Cn1c(=O)n(C2CCC(=O)NC2=O)c2ccc(CCCO[C@H]3CN[C@H](C(=O)O)C3)cc21. The number of carbonyl (C=O) groups is 3. The fourth-order valence-corrected chi connectivity index (χ4v) is 4.34. The van der Waals surface area contributed by atoms with Crippen LogP contribution in [-0.4, -0.2) is 57.3 Å². The number of fused-ring (bicyclic) bond motifs is 1. The number of hydrogen-bond donors (Lipinski definition) is 3. The first-order chi connectivity index (χ1) is 14.8. The minimum Gasteiger partial charge on any atom is -0.480 e. The van der Waals surface area contributed by atoms with Crippen LogP contribution in [-0.2, 0) is 32.6 Å². The van der Waals surface area contributed by atoms with E-state index in [1.165, 1.54) is 9.13 Å². The van der Waals surface area contributed by atoms with Gasteiger partial charge < -0.3 is 15.2 Å². The van der Waals surface area contributed by atoms with Crippen molar-refractivity contribution >= 4 is 28.8 Å². The third-order valence-electron chi connectivity index (χ3n) is 6.03. The molecule has 3 atom stereocenters. The fourth-order valence-electron chi connectivity index (χ4n) is 4.34. The lowest BCUT2D eigenvalue weighted by Gasteiger charge is -2.21. The molecule has 2 amide bonds. The molecule has 10 heteroatoms. The number of imidazole rings is 1. The van der Waals surface area contributed by atoms with Crippen LogP contribution in [0.2, 0.25) is 0 Å². The van der Waals surface area contributed by atoms with Gasteiger partial charge in [0.15, 0.2) is 0 Å². The lowest BCUT2D eigenvalue weighted by molar-refractivity contribution is -0.139. The lowest BCUT2D eigenvalue weighted by atomic mass is 10.1. The number of amides is 2. The van der Waals surface area contributed by atoms with E-state index in [9.17, 15) is 19.2 Å². The van der Waals surface area contributed by atoms with E-state index in [2.05, 4.69) is 10.6 Å². The Balaban J connectivity index is 1.41. The highest BCUT2D eigenvalue weighted by atomic mass is 16.5. The molecule has 0 spiro atoms. The van der Waals surface area contributed by atoms with Gasteiger partial charge in [-0.3, -0.25) is 28.8 Å². The second-order valence-corrected chi connectivity index (χ2v) is 8.13. The Morgan fingerprint density at radius 1 is 1.26 bits per heavy atom. The van der Waals surface area contributed by atoms with Gasteiger partial charge in [-0.15, -0.1) is 0 Å². The third-order valence-corrected chi connectivity index (χ3v) is 6.03. The molecule has 2 fully saturated rings. The highest BCUT2D eigenvalue weighted by Gasteiger charge is 2.31. The molecule has 1 aromatic carbocycles. The molecule has 0 aliphatic carbocycles. The van der Waals surface area contributed by atoms with Crippen LogP contribution in [0.5, 0.6) is 0 Å². The van der Waals surface area contributed by atoms with E-state index < -0.39 is 24.0 Å². The second-order valence-electron chi connectivity index (χ2n) is 8.13. The largest absolute Gasteiger partial charge is 0.480 e. The number of carbonyl (C=O) groups excluding carboxylic acids is 2. The van der Waals surface area contributed by atoms with Crippen LogP contribution < -0.4 is 16.3 Å². The smallest absolute Gasteiger partial charge is 0.329 e. The van der Waals surface area contributed by atoms with Gasteiger partial charge in [-0.2, -0.15) is 0 Å². The Bertz CT molecular complexity index is 1090. The summed E-state index contributed by atoms with van der Waals surface area (Å²) in [6, 6.07) is 4.48. The molecule has 166 valence electrons. The number of benzene rings is 1. The Hall–Kier alpha value is -2.98. The number of aliphatic carboxylic acids is 1. The van der Waals surface area contributed by atoms with Gasteiger partial charge in [0.1, 0.15) is 12.1 Å². The van der Waals surface area contributed by atoms with Crippen molar-refractivity contribution in [2.24, 2.45) is 7.05 Å². The molecular weight excluding hydrogens is 404 g/mol. The summed E-state index contributed by atoms with van der Waals surface area (Å²) in [5.74, 6) is -1.61. The Labute approximate surface area is 178 Å². The van der Waals surface area contributed by atoms with Gasteiger partial charge in [0.25, 0.3) is 0 Å². The monoisotopic (exact) mass is 430 g/mol. The normalized spacial score (nSPS) is 24.0. The van der Waals surface area contributed by atoms with E-state index in [1.54, 1.807) is 7.05 Å². The molecule has 2 saturated heterocycles. The molecule has 1 unspecified atom stereocenters. The van der Waals surface area contributed by atoms with Gasteiger partial charge >= 0.3 is 11.7 Å². The van der Waals surface area contributed by atoms with Gasteiger partial charge in [0, 0.05) is 33.0 Å².